The lowest BCUT2D eigenvalue weighted by atomic mass is 10.1. The number of alkyl halides is 3. The molecule has 2 N–H and O–H groups in total. The first-order valence-corrected chi connectivity index (χ1v) is 4.12. The average Bonchev–Trinajstić information content (AvgIpc) is 1.97. The fourth-order valence-electron chi connectivity index (χ4n) is 1.28. The summed E-state index contributed by atoms with van der Waals surface area (Å²) in [6.07, 6.45) is -4.45. The normalized spacial score (nSPS) is 11.9. The van der Waals surface area contributed by atoms with Crippen LogP contribution >= 0.6 is 11.6 Å². The molecule has 0 spiro atoms. The van der Waals surface area contributed by atoms with Crippen LogP contribution in [0.3, 0.4) is 0 Å². The van der Waals surface area contributed by atoms with Gasteiger partial charge < -0.3 is 5.73 Å². The molecule has 0 atom stereocenters. The largest absolute Gasteiger partial charge is 0.418 e. The van der Waals surface area contributed by atoms with Gasteiger partial charge in [0.2, 0.25) is 0 Å². The fraction of sp³-hybridized carbons (Fsp3) is 0.375. The van der Waals surface area contributed by atoms with Crippen LogP contribution in [-0.4, -0.2) is 4.98 Å². The Morgan fingerprint density at radius 2 is 1.79 bits per heavy atom. The van der Waals surface area contributed by atoms with E-state index < -0.39 is 11.7 Å². The van der Waals surface area contributed by atoms with E-state index >= 15 is 0 Å². The smallest absolute Gasteiger partial charge is 0.382 e. The molecule has 0 saturated carbocycles. The first kappa shape index (κ1) is 11.1. The summed E-state index contributed by atoms with van der Waals surface area (Å²) in [6, 6.07) is 0. The Hall–Kier alpha value is -0.970. The molecule has 1 rings (SSSR count). The van der Waals surface area contributed by atoms with Crippen molar-refractivity contribution < 1.29 is 13.2 Å². The van der Waals surface area contributed by atoms with Crippen LogP contribution < -0.4 is 5.73 Å². The molecule has 1 heterocycles. The number of nitrogens with two attached hydrogens (primary N) is 1. The average molecular weight is 225 g/mol. The van der Waals surface area contributed by atoms with Gasteiger partial charge in [-0.25, -0.2) is 4.98 Å². The molecule has 14 heavy (non-hydrogen) atoms. The monoisotopic (exact) mass is 224 g/mol. The fourth-order valence-corrected chi connectivity index (χ4v) is 1.41. The summed E-state index contributed by atoms with van der Waals surface area (Å²) in [4.78, 5) is 3.53. The quantitative estimate of drug-likeness (QED) is 0.736. The number of halogens is 4. The molecule has 0 aromatic carbocycles. The summed E-state index contributed by atoms with van der Waals surface area (Å²) in [6.45, 7) is 2.53. The molecule has 0 aliphatic carbocycles. The number of rotatable bonds is 0. The minimum absolute atomic E-state index is 0.0744. The standard InChI is InChI=1S/C8H8ClF3N2/c1-3-5(8(10,11)12)4(2)14-7(13)6(3)9/h1-2H3,(H2,13,14). The highest BCUT2D eigenvalue weighted by atomic mass is 35.5. The van der Waals surface area contributed by atoms with E-state index in [4.69, 9.17) is 17.3 Å². The Morgan fingerprint density at radius 3 is 2.21 bits per heavy atom. The van der Waals surface area contributed by atoms with Crippen molar-refractivity contribution in [3.8, 4) is 0 Å². The van der Waals surface area contributed by atoms with E-state index in [1.807, 2.05) is 0 Å². The van der Waals surface area contributed by atoms with Crippen LogP contribution in [0.4, 0.5) is 19.0 Å². The Morgan fingerprint density at radius 1 is 1.29 bits per heavy atom. The molecule has 0 fully saturated rings. The molecular formula is C8H8ClF3N2. The number of aryl methyl sites for hydroxylation is 1. The van der Waals surface area contributed by atoms with Crippen molar-refractivity contribution in [2.24, 2.45) is 0 Å². The molecule has 0 aliphatic heterocycles. The third-order valence-electron chi connectivity index (χ3n) is 1.86. The maximum absolute atomic E-state index is 12.5. The predicted molar refractivity (Wildman–Crippen MR) is 48.1 cm³/mol. The Kier molecular flexibility index (Phi) is 2.63. The highest BCUT2D eigenvalue weighted by molar-refractivity contribution is 6.33. The van der Waals surface area contributed by atoms with E-state index in [-0.39, 0.29) is 22.1 Å². The van der Waals surface area contributed by atoms with Crippen LogP contribution in [0.5, 0.6) is 0 Å². The second-order valence-corrected chi connectivity index (χ2v) is 3.27. The van der Waals surface area contributed by atoms with Crippen molar-refractivity contribution in [2.75, 3.05) is 5.73 Å². The van der Waals surface area contributed by atoms with E-state index in [9.17, 15) is 13.2 Å². The van der Waals surface area contributed by atoms with E-state index in [0.29, 0.717) is 0 Å². The van der Waals surface area contributed by atoms with Gasteiger partial charge in [-0.05, 0) is 19.4 Å². The zero-order chi connectivity index (χ0) is 11.1. The molecule has 2 nitrogen and oxygen atoms in total. The van der Waals surface area contributed by atoms with Gasteiger partial charge in [-0.15, -0.1) is 0 Å². The predicted octanol–water partition coefficient (Wildman–Crippen LogP) is 2.95. The number of hydrogen-bond acceptors (Lipinski definition) is 2. The maximum Gasteiger partial charge on any atom is 0.418 e. The maximum atomic E-state index is 12.5. The highest BCUT2D eigenvalue weighted by Gasteiger charge is 2.36. The second kappa shape index (κ2) is 3.31. The van der Waals surface area contributed by atoms with Gasteiger partial charge in [-0.3, -0.25) is 0 Å². The molecule has 0 radical (unpaired) electrons. The molecule has 1 aromatic rings. The van der Waals surface area contributed by atoms with E-state index in [1.165, 1.54) is 13.8 Å². The Labute approximate surface area is 83.9 Å². The van der Waals surface area contributed by atoms with Gasteiger partial charge in [0.25, 0.3) is 0 Å². The number of anilines is 1. The summed E-state index contributed by atoms with van der Waals surface area (Å²) in [7, 11) is 0. The molecule has 6 heteroatoms. The molecule has 0 amide bonds. The molecule has 0 aliphatic rings. The Balaban J connectivity index is 3.53. The molecule has 78 valence electrons. The van der Waals surface area contributed by atoms with E-state index in [1.54, 1.807) is 0 Å². The van der Waals surface area contributed by atoms with Crippen molar-refractivity contribution in [3.63, 3.8) is 0 Å². The van der Waals surface area contributed by atoms with Gasteiger partial charge >= 0.3 is 6.18 Å². The Bertz CT molecular complexity index is 374. The first-order valence-electron chi connectivity index (χ1n) is 3.74. The highest BCUT2D eigenvalue weighted by Crippen LogP contribution is 2.37. The number of hydrogen-bond donors (Lipinski definition) is 1. The van der Waals surface area contributed by atoms with Gasteiger partial charge in [-0.2, -0.15) is 13.2 Å². The third-order valence-corrected chi connectivity index (χ3v) is 2.34. The SMILES string of the molecule is Cc1nc(N)c(Cl)c(C)c1C(F)(F)F. The van der Waals surface area contributed by atoms with Gasteiger partial charge in [0.1, 0.15) is 5.82 Å². The van der Waals surface area contributed by atoms with Crippen molar-refractivity contribution in [1.82, 2.24) is 4.98 Å². The summed E-state index contributed by atoms with van der Waals surface area (Å²) in [5.41, 5.74) is 4.28. The van der Waals surface area contributed by atoms with Crippen molar-refractivity contribution in [2.45, 2.75) is 20.0 Å². The van der Waals surface area contributed by atoms with Crippen LogP contribution in [0.15, 0.2) is 0 Å². The zero-order valence-electron chi connectivity index (χ0n) is 7.54. The van der Waals surface area contributed by atoms with Crippen LogP contribution in [-0.2, 0) is 6.18 Å². The van der Waals surface area contributed by atoms with Gasteiger partial charge in [0.15, 0.2) is 0 Å². The van der Waals surface area contributed by atoms with Crippen molar-refractivity contribution in [3.05, 3.63) is 21.8 Å². The minimum atomic E-state index is -4.45. The van der Waals surface area contributed by atoms with Crippen LogP contribution in [0.2, 0.25) is 5.02 Å². The van der Waals surface area contributed by atoms with Crippen molar-refractivity contribution in [1.29, 1.82) is 0 Å². The summed E-state index contributed by atoms with van der Waals surface area (Å²) in [5, 5.41) is -0.136. The molecular weight excluding hydrogens is 217 g/mol. The van der Waals surface area contributed by atoms with Gasteiger partial charge in [-0.1, -0.05) is 11.6 Å². The lowest BCUT2D eigenvalue weighted by Crippen LogP contribution is -2.13. The number of aromatic nitrogens is 1. The van der Waals surface area contributed by atoms with Crippen molar-refractivity contribution >= 4 is 17.4 Å². The zero-order valence-corrected chi connectivity index (χ0v) is 8.29. The van der Waals surface area contributed by atoms with Crippen LogP contribution in [0.1, 0.15) is 16.8 Å². The number of nitrogen functional groups attached to an aromatic ring is 1. The van der Waals surface area contributed by atoms with Gasteiger partial charge in [0, 0.05) is 0 Å². The van der Waals surface area contributed by atoms with Gasteiger partial charge in [0.05, 0.1) is 16.3 Å². The summed E-state index contributed by atoms with van der Waals surface area (Å²) >= 11 is 5.57. The minimum Gasteiger partial charge on any atom is -0.382 e. The third kappa shape index (κ3) is 1.77. The lowest BCUT2D eigenvalue weighted by Gasteiger charge is -2.14. The molecule has 0 saturated heterocycles. The summed E-state index contributed by atoms with van der Waals surface area (Å²) < 4.78 is 37.4. The molecule has 1 aromatic heterocycles. The number of nitrogens with zero attached hydrogens (tertiary/aromatic N) is 1. The van der Waals surface area contributed by atoms with Crippen LogP contribution in [0.25, 0.3) is 0 Å². The molecule has 0 unspecified atom stereocenters. The first-order chi connectivity index (χ1) is 6.25. The molecule has 0 bridgehead atoms. The topological polar surface area (TPSA) is 38.9 Å². The van der Waals surface area contributed by atoms with E-state index in [2.05, 4.69) is 4.98 Å². The number of pyridine rings is 1. The van der Waals surface area contributed by atoms with E-state index in [0.717, 1.165) is 0 Å². The summed E-state index contributed by atoms with van der Waals surface area (Å²) in [5.74, 6) is -0.0744. The lowest BCUT2D eigenvalue weighted by molar-refractivity contribution is -0.138. The second-order valence-electron chi connectivity index (χ2n) is 2.89. The van der Waals surface area contributed by atoms with Crippen LogP contribution in [0, 0.1) is 13.8 Å².